The average molecular weight is 195 g/mol. The Hall–Kier alpha value is -0.720. The van der Waals surface area contributed by atoms with Gasteiger partial charge in [0.05, 0.1) is 0 Å². The second-order valence-corrected chi connectivity index (χ2v) is 4.67. The van der Waals surface area contributed by atoms with Crippen LogP contribution in [-0.4, -0.2) is 0 Å². The molecule has 0 heterocycles. The van der Waals surface area contributed by atoms with Crippen LogP contribution in [0, 0.1) is 17.8 Å². The fraction of sp³-hybridized carbons (Fsp3) is 0.692. The smallest absolute Gasteiger partial charge is 0.00421 e. The van der Waals surface area contributed by atoms with Gasteiger partial charge in [-0.25, -0.2) is 0 Å². The van der Waals surface area contributed by atoms with Crippen molar-refractivity contribution in [3.63, 3.8) is 0 Å². The van der Waals surface area contributed by atoms with Gasteiger partial charge in [-0.3, -0.25) is 0 Å². The summed E-state index contributed by atoms with van der Waals surface area (Å²) in [5, 5.41) is 0. The van der Waals surface area contributed by atoms with Gasteiger partial charge in [0.2, 0.25) is 0 Å². The summed E-state index contributed by atoms with van der Waals surface area (Å²) in [6.07, 6.45) is 0. The molecule has 2 unspecified atom stereocenters. The Balaban J connectivity index is 4.77. The molecule has 0 bridgehead atoms. The highest BCUT2D eigenvalue weighted by Crippen LogP contribution is 2.27. The molecule has 0 saturated heterocycles. The minimum atomic E-state index is 0.365. The molecule has 82 valence electrons. The molecular weight excluding hydrogens is 170 g/mol. The van der Waals surface area contributed by atoms with E-state index in [2.05, 4.69) is 48.1 Å². The van der Waals surface area contributed by atoms with Crippen LogP contribution >= 0.6 is 0 Å². The Morgan fingerprint density at radius 1 is 0.929 bits per heavy atom. The van der Waals surface area contributed by atoms with Crippen molar-refractivity contribution in [2.24, 2.45) is 23.5 Å². The first-order valence-corrected chi connectivity index (χ1v) is 5.40. The summed E-state index contributed by atoms with van der Waals surface area (Å²) in [4.78, 5) is 0. The number of hydrogen-bond donors (Lipinski definition) is 1. The van der Waals surface area contributed by atoms with Gasteiger partial charge >= 0.3 is 0 Å². The van der Waals surface area contributed by atoms with Gasteiger partial charge in [0.25, 0.3) is 0 Å². The fourth-order valence-electron chi connectivity index (χ4n) is 1.51. The molecule has 0 spiro atoms. The first-order chi connectivity index (χ1) is 6.29. The number of hydrogen-bond acceptors (Lipinski definition) is 1. The minimum absolute atomic E-state index is 0.365. The topological polar surface area (TPSA) is 26.0 Å². The van der Waals surface area contributed by atoms with Crippen LogP contribution in [0.2, 0.25) is 0 Å². The largest absolute Gasteiger partial charge is 0.402 e. The van der Waals surface area contributed by atoms with Crippen LogP contribution < -0.4 is 5.73 Å². The Morgan fingerprint density at radius 3 is 1.64 bits per heavy atom. The minimum Gasteiger partial charge on any atom is -0.402 e. The van der Waals surface area contributed by atoms with Gasteiger partial charge in [-0.15, -0.1) is 0 Å². The summed E-state index contributed by atoms with van der Waals surface area (Å²) >= 11 is 0. The molecule has 2 atom stereocenters. The third-order valence-corrected chi connectivity index (χ3v) is 3.51. The van der Waals surface area contributed by atoms with Gasteiger partial charge in [0.15, 0.2) is 0 Å². The maximum Gasteiger partial charge on any atom is 0.00421 e. The lowest BCUT2D eigenvalue weighted by Gasteiger charge is -2.24. The lowest BCUT2D eigenvalue weighted by atomic mass is 9.83. The third kappa shape index (κ3) is 3.21. The van der Waals surface area contributed by atoms with Crippen molar-refractivity contribution >= 4 is 0 Å². The molecule has 0 saturated carbocycles. The molecule has 0 aromatic heterocycles. The molecule has 0 aromatic rings. The molecule has 0 aromatic carbocycles. The van der Waals surface area contributed by atoms with Crippen molar-refractivity contribution in [2.45, 2.75) is 41.5 Å². The van der Waals surface area contributed by atoms with Crippen LogP contribution in [0.25, 0.3) is 0 Å². The molecule has 2 N–H and O–H groups in total. The average Bonchev–Trinajstić information content (AvgIpc) is 2.12. The van der Waals surface area contributed by atoms with Crippen molar-refractivity contribution in [2.75, 3.05) is 0 Å². The summed E-state index contributed by atoms with van der Waals surface area (Å²) in [6, 6.07) is 0. The monoisotopic (exact) mass is 195 g/mol. The van der Waals surface area contributed by atoms with E-state index in [4.69, 9.17) is 5.73 Å². The van der Waals surface area contributed by atoms with Gasteiger partial charge in [-0.2, -0.15) is 0 Å². The maximum absolute atomic E-state index is 5.73. The highest BCUT2D eigenvalue weighted by molar-refractivity contribution is 5.17. The zero-order chi connectivity index (χ0) is 11.5. The van der Waals surface area contributed by atoms with Gasteiger partial charge in [0, 0.05) is 11.6 Å². The van der Waals surface area contributed by atoms with Crippen LogP contribution in [0.3, 0.4) is 0 Å². The molecule has 0 radical (unpaired) electrons. The SMILES string of the molecule is C=C(N)C(C)C(C)/C(C)=C(/C)C(C)C. The van der Waals surface area contributed by atoms with E-state index in [1.54, 1.807) is 0 Å². The van der Waals surface area contributed by atoms with E-state index >= 15 is 0 Å². The molecule has 14 heavy (non-hydrogen) atoms. The van der Waals surface area contributed by atoms with Crippen LogP contribution in [-0.2, 0) is 0 Å². The predicted octanol–water partition coefficient (Wildman–Crippen LogP) is 3.72. The quantitative estimate of drug-likeness (QED) is 0.680. The molecule has 1 nitrogen and oxygen atoms in total. The van der Waals surface area contributed by atoms with E-state index in [0.29, 0.717) is 17.8 Å². The Labute approximate surface area is 89.1 Å². The van der Waals surface area contributed by atoms with Gasteiger partial charge < -0.3 is 5.73 Å². The molecule has 0 aliphatic heterocycles. The predicted molar refractivity (Wildman–Crippen MR) is 64.9 cm³/mol. The van der Waals surface area contributed by atoms with Crippen molar-refractivity contribution in [3.8, 4) is 0 Å². The first-order valence-electron chi connectivity index (χ1n) is 5.40. The molecule has 0 fully saturated rings. The molecule has 0 amide bonds. The van der Waals surface area contributed by atoms with E-state index < -0.39 is 0 Å². The summed E-state index contributed by atoms with van der Waals surface area (Å²) in [5.74, 6) is 1.48. The first kappa shape index (κ1) is 13.3. The lowest BCUT2D eigenvalue weighted by Crippen LogP contribution is -2.17. The number of nitrogens with two attached hydrogens (primary N) is 1. The van der Waals surface area contributed by atoms with Gasteiger partial charge in [0.1, 0.15) is 0 Å². The van der Waals surface area contributed by atoms with Crippen LogP contribution in [0.4, 0.5) is 0 Å². The fourth-order valence-corrected chi connectivity index (χ4v) is 1.51. The molecule has 0 aliphatic rings. The van der Waals surface area contributed by atoms with Crippen LogP contribution in [0.15, 0.2) is 23.4 Å². The Bertz CT molecular complexity index is 236. The highest BCUT2D eigenvalue weighted by atomic mass is 14.6. The molecule has 0 aliphatic carbocycles. The second-order valence-electron chi connectivity index (χ2n) is 4.67. The van der Waals surface area contributed by atoms with E-state index in [-0.39, 0.29) is 0 Å². The van der Waals surface area contributed by atoms with Gasteiger partial charge in [-0.05, 0) is 25.7 Å². The third-order valence-electron chi connectivity index (χ3n) is 3.51. The zero-order valence-corrected chi connectivity index (χ0v) is 10.5. The normalized spacial score (nSPS) is 17.6. The maximum atomic E-state index is 5.73. The summed E-state index contributed by atoms with van der Waals surface area (Å²) in [5.41, 5.74) is 9.45. The van der Waals surface area contributed by atoms with E-state index in [1.807, 2.05) is 0 Å². The second kappa shape index (κ2) is 5.23. The molecular formula is C13H25N. The zero-order valence-electron chi connectivity index (χ0n) is 10.5. The molecule has 1 heteroatoms. The summed E-state index contributed by atoms with van der Waals surface area (Å²) in [7, 11) is 0. The standard InChI is InChI=1S/C13H25N/c1-8(2)9(3)10(4)11(5)12(6)13(7)14/h8,11-12H,7,14H2,1-6H3/b10-9-. The Morgan fingerprint density at radius 2 is 1.36 bits per heavy atom. The van der Waals surface area contributed by atoms with Crippen molar-refractivity contribution < 1.29 is 0 Å². The highest BCUT2D eigenvalue weighted by Gasteiger charge is 2.17. The van der Waals surface area contributed by atoms with E-state index in [0.717, 1.165) is 5.70 Å². The summed E-state index contributed by atoms with van der Waals surface area (Å²) in [6.45, 7) is 17.1. The number of rotatable bonds is 4. The Kier molecular flexibility index (Phi) is 4.96. The lowest BCUT2D eigenvalue weighted by molar-refractivity contribution is 0.491. The summed E-state index contributed by atoms with van der Waals surface area (Å²) < 4.78 is 0. The van der Waals surface area contributed by atoms with Crippen molar-refractivity contribution in [1.82, 2.24) is 0 Å². The van der Waals surface area contributed by atoms with Crippen LogP contribution in [0.5, 0.6) is 0 Å². The van der Waals surface area contributed by atoms with Crippen LogP contribution in [0.1, 0.15) is 41.5 Å². The van der Waals surface area contributed by atoms with E-state index in [1.165, 1.54) is 11.1 Å². The molecule has 0 rings (SSSR count). The number of allylic oxidation sites excluding steroid dienone is 3. The van der Waals surface area contributed by atoms with Crippen molar-refractivity contribution in [3.05, 3.63) is 23.4 Å². The van der Waals surface area contributed by atoms with Gasteiger partial charge in [-0.1, -0.05) is 45.4 Å². The van der Waals surface area contributed by atoms with E-state index in [9.17, 15) is 0 Å². The van der Waals surface area contributed by atoms with Crippen molar-refractivity contribution in [1.29, 1.82) is 0 Å².